The molecule has 0 saturated heterocycles. The van der Waals surface area contributed by atoms with Gasteiger partial charge in [-0.15, -0.1) is 0 Å². The first-order valence-corrected chi connectivity index (χ1v) is 12.5. The third kappa shape index (κ3) is 5.70. The van der Waals surface area contributed by atoms with E-state index in [4.69, 9.17) is 0 Å². The van der Waals surface area contributed by atoms with Gasteiger partial charge in [-0.3, -0.25) is 0 Å². The van der Waals surface area contributed by atoms with E-state index in [0.717, 1.165) is 5.92 Å². The lowest BCUT2D eigenvalue weighted by Crippen LogP contribution is -1.98. The van der Waals surface area contributed by atoms with Gasteiger partial charge in [0.1, 0.15) is 0 Å². The summed E-state index contributed by atoms with van der Waals surface area (Å²) in [5.74, 6) is 0.833. The molecule has 0 spiro atoms. The van der Waals surface area contributed by atoms with Crippen LogP contribution in [-0.4, -0.2) is 0 Å². The fourth-order valence-electron chi connectivity index (χ4n) is 3.16. The molecule has 0 saturated carbocycles. The van der Waals surface area contributed by atoms with Crippen molar-refractivity contribution in [3.05, 3.63) is 97.1 Å². The smallest absolute Gasteiger partial charge is 0.0526 e. The molecule has 0 bridgehead atoms. The van der Waals surface area contributed by atoms with E-state index in [9.17, 15) is 0 Å². The normalized spacial score (nSPS) is 12.1. The van der Waals surface area contributed by atoms with Crippen molar-refractivity contribution in [3.63, 3.8) is 0 Å². The maximum Gasteiger partial charge on any atom is 0.0526 e. The van der Waals surface area contributed by atoms with Crippen molar-refractivity contribution < 1.29 is 0 Å². The SMILES string of the molecule is CC(C)C.c1ccc2c(c1)Nc1ccccc1S2.c1ccc2c(c1)Nc1ccccc1S2. The minimum Gasteiger partial charge on any atom is -0.354 e. The van der Waals surface area contributed by atoms with Gasteiger partial charge in [0, 0.05) is 19.6 Å². The summed E-state index contributed by atoms with van der Waals surface area (Å²) in [6.07, 6.45) is 0. The summed E-state index contributed by atoms with van der Waals surface area (Å²) in [6, 6.07) is 33.5. The lowest BCUT2D eigenvalue weighted by molar-refractivity contribution is 0.737. The standard InChI is InChI=1S/2C12H9NS.C4H10/c2*1-3-7-11-9(5-1)13-10-6-2-4-8-12(10)14-11;1-4(2)3/h2*1-8,13H;4H,1-3H3. The van der Waals surface area contributed by atoms with Crippen LogP contribution in [0.5, 0.6) is 0 Å². The van der Waals surface area contributed by atoms with Crippen molar-refractivity contribution in [2.75, 3.05) is 10.6 Å². The van der Waals surface area contributed by atoms with Crippen molar-refractivity contribution in [3.8, 4) is 0 Å². The van der Waals surface area contributed by atoms with E-state index in [-0.39, 0.29) is 0 Å². The van der Waals surface area contributed by atoms with Crippen LogP contribution >= 0.6 is 23.5 Å². The molecule has 0 atom stereocenters. The van der Waals surface area contributed by atoms with E-state index >= 15 is 0 Å². The Morgan fingerprint density at radius 3 is 0.906 bits per heavy atom. The van der Waals surface area contributed by atoms with E-state index < -0.39 is 0 Å². The van der Waals surface area contributed by atoms with Gasteiger partial charge in [-0.05, 0) is 54.4 Å². The van der Waals surface area contributed by atoms with Crippen LogP contribution < -0.4 is 10.6 Å². The van der Waals surface area contributed by atoms with E-state index in [1.54, 1.807) is 0 Å². The average molecular weight is 457 g/mol. The second-order valence-corrected chi connectivity index (χ2v) is 10.3. The van der Waals surface area contributed by atoms with Gasteiger partial charge in [0.05, 0.1) is 22.7 Å². The predicted octanol–water partition coefficient (Wildman–Crippen LogP) is 9.45. The number of nitrogens with one attached hydrogen (secondary N) is 2. The molecule has 2 heterocycles. The summed E-state index contributed by atoms with van der Waals surface area (Å²) < 4.78 is 0. The van der Waals surface area contributed by atoms with Crippen LogP contribution in [0, 0.1) is 5.92 Å². The zero-order valence-electron chi connectivity index (χ0n) is 18.6. The molecule has 0 unspecified atom stereocenters. The Kier molecular flexibility index (Phi) is 7.46. The van der Waals surface area contributed by atoms with Crippen molar-refractivity contribution in [2.24, 2.45) is 5.92 Å². The zero-order valence-corrected chi connectivity index (χ0v) is 20.3. The molecule has 162 valence electrons. The van der Waals surface area contributed by atoms with Crippen LogP contribution in [0.25, 0.3) is 0 Å². The molecule has 0 aliphatic carbocycles. The molecule has 2 N–H and O–H groups in total. The molecule has 2 aliphatic heterocycles. The summed E-state index contributed by atoms with van der Waals surface area (Å²) in [7, 11) is 0. The Hall–Kier alpha value is -2.82. The minimum atomic E-state index is 0.833. The molecule has 4 aromatic carbocycles. The number of benzene rings is 4. The molecule has 2 nitrogen and oxygen atoms in total. The Labute approximate surface area is 199 Å². The van der Waals surface area contributed by atoms with Gasteiger partial charge in [0.25, 0.3) is 0 Å². The quantitative estimate of drug-likeness (QED) is 0.238. The second kappa shape index (κ2) is 10.7. The van der Waals surface area contributed by atoms with Crippen molar-refractivity contribution in [1.29, 1.82) is 0 Å². The van der Waals surface area contributed by atoms with Crippen LogP contribution in [0.3, 0.4) is 0 Å². The monoisotopic (exact) mass is 456 g/mol. The zero-order chi connectivity index (χ0) is 22.3. The lowest BCUT2D eigenvalue weighted by atomic mass is 10.2. The van der Waals surface area contributed by atoms with Gasteiger partial charge in [-0.1, -0.05) is 92.8 Å². The first kappa shape index (κ1) is 22.4. The second-order valence-electron chi connectivity index (χ2n) is 8.17. The fourth-order valence-corrected chi connectivity index (χ4v) is 5.14. The Morgan fingerprint density at radius 1 is 0.438 bits per heavy atom. The summed E-state index contributed by atoms with van der Waals surface area (Å²) in [4.78, 5) is 5.19. The van der Waals surface area contributed by atoms with Crippen molar-refractivity contribution in [2.45, 2.75) is 40.4 Å². The summed E-state index contributed by atoms with van der Waals surface area (Å²) in [6.45, 7) is 6.50. The van der Waals surface area contributed by atoms with E-state index in [1.807, 2.05) is 23.5 Å². The van der Waals surface area contributed by atoms with Crippen molar-refractivity contribution >= 4 is 46.3 Å². The number of hydrogen-bond acceptors (Lipinski definition) is 4. The van der Waals surface area contributed by atoms with Crippen LogP contribution in [0.4, 0.5) is 22.7 Å². The number of hydrogen-bond donors (Lipinski definition) is 2. The Balaban J connectivity index is 0.000000132. The molecule has 2 aliphatic rings. The highest BCUT2D eigenvalue weighted by Crippen LogP contribution is 2.44. The van der Waals surface area contributed by atoms with Crippen LogP contribution in [0.2, 0.25) is 0 Å². The Bertz CT molecular complexity index is 918. The molecule has 4 aromatic rings. The molecule has 32 heavy (non-hydrogen) atoms. The number of fused-ring (bicyclic) bond motifs is 4. The third-order valence-electron chi connectivity index (χ3n) is 4.53. The van der Waals surface area contributed by atoms with Gasteiger partial charge >= 0.3 is 0 Å². The van der Waals surface area contributed by atoms with Crippen LogP contribution in [0.15, 0.2) is 117 Å². The molecule has 6 rings (SSSR count). The van der Waals surface area contributed by atoms with Gasteiger partial charge in [-0.25, -0.2) is 0 Å². The van der Waals surface area contributed by atoms with Gasteiger partial charge in [0.2, 0.25) is 0 Å². The van der Waals surface area contributed by atoms with E-state index in [2.05, 4.69) is 128 Å². The fraction of sp³-hybridized carbons (Fsp3) is 0.143. The molecule has 0 radical (unpaired) electrons. The predicted molar refractivity (Wildman–Crippen MR) is 141 cm³/mol. The van der Waals surface area contributed by atoms with Crippen LogP contribution in [-0.2, 0) is 0 Å². The molecule has 0 fully saturated rings. The maximum absolute atomic E-state index is 3.42. The third-order valence-corrected chi connectivity index (χ3v) is 6.83. The van der Waals surface area contributed by atoms with Crippen LogP contribution in [0.1, 0.15) is 20.8 Å². The molecule has 0 amide bonds. The Morgan fingerprint density at radius 2 is 0.656 bits per heavy atom. The van der Waals surface area contributed by atoms with Gasteiger partial charge in [0.15, 0.2) is 0 Å². The van der Waals surface area contributed by atoms with E-state index in [0.29, 0.717) is 0 Å². The highest BCUT2D eigenvalue weighted by molar-refractivity contribution is 8.00. The lowest BCUT2D eigenvalue weighted by Gasteiger charge is -2.19. The minimum absolute atomic E-state index is 0.833. The first-order valence-electron chi connectivity index (χ1n) is 10.9. The molecular weight excluding hydrogens is 428 g/mol. The van der Waals surface area contributed by atoms with E-state index in [1.165, 1.54) is 42.3 Å². The molecule has 0 aromatic heterocycles. The summed E-state index contributed by atoms with van der Waals surface area (Å²) >= 11 is 3.64. The topological polar surface area (TPSA) is 24.1 Å². The first-order chi connectivity index (χ1) is 15.6. The number of para-hydroxylation sites is 4. The highest BCUT2D eigenvalue weighted by Gasteiger charge is 2.14. The summed E-state index contributed by atoms with van der Waals surface area (Å²) in [5, 5.41) is 6.84. The largest absolute Gasteiger partial charge is 0.354 e. The average Bonchev–Trinajstić information content (AvgIpc) is 2.81. The molecular formula is C28H28N2S2. The molecule has 4 heteroatoms. The van der Waals surface area contributed by atoms with Gasteiger partial charge < -0.3 is 10.6 Å². The summed E-state index contributed by atoms with van der Waals surface area (Å²) in [5.41, 5.74) is 4.82. The highest BCUT2D eigenvalue weighted by atomic mass is 32.2. The van der Waals surface area contributed by atoms with Crippen molar-refractivity contribution in [1.82, 2.24) is 0 Å². The maximum atomic E-state index is 3.42. The van der Waals surface area contributed by atoms with Gasteiger partial charge in [-0.2, -0.15) is 0 Å². The number of anilines is 4. The number of rotatable bonds is 0.